The molecule has 0 amide bonds. The van der Waals surface area contributed by atoms with E-state index in [-0.39, 0.29) is 23.4 Å². The highest BCUT2D eigenvalue weighted by atomic mass is 35.5. The molecule has 1 N–H and O–H groups in total. The van der Waals surface area contributed by atoms with Crippen molar-refractivity contribution in [2.75, 3.05) is 5.32 Å². The molecule has 2 aromatic rings. The highest BCUT2D eigenvalue weighted by molar-refractivity contribution is 6.30. The van der Waals surface area contributed by atoms with Crippen molar-refractivity contribution in [1.82, 2.24) is 9.78 Å². The number of nitrogens with zero attached hydrogens (tertiary/aromatic N) is 2. The van der Waals surface area contributed by atoms with Crippen molar-refractivity contribution < 1.29 is 18.0 Å². The number of halogens is 4. The van der Waals surface area contributed by atoms with Gasteiger partial charge in [-0.2, -0.15) is 18.3 Å². The van der Waals surface area contributed by atoms with Gasteiger partial charge in [-0.15, -0.1) is 0 Å². The van der Waals surface area contributed by atoms with Gasteiger partial charge in [0.2, 0.25) is 0 Å². The second-order valence-corrected chi connectivity index (χ2v) is 11.3. The van der Waals surface area contributed by atoms with Crippen molar-refractivity contribution >= 4 is 23.2 Å². The first kappa shape index (κ1) is 21.5. The SMILES string of the molecule is O=C(CC12CC3CC(CC(C3)C1)C2)c1cnn2c1NC(c1ccc(Cl)cc1)CC2C(F)(F)F. The van der Waals surface area contributed by atoms with Gasteiger partial charge >= 0.3 is 6.18 Å². The van der Waals surface area contributed by atoms with Crippen LogP contribution >= 0.6 is 11.6 Å². The normalized spacial score (nSPS) is 34.7. The van der Waals surface area contributed by atoms with Gasteiger partial charge in [0.25, 0.3) is 0 Å². The maximum absolute atomic E-state index is 14.0. The Kier molecular flexibility index (Phi) is 4.88. The monoisotopic (exact) mass is 477 g/mol. The Labute approximate surface area is 195 Å². The fourth-order valence-corrected chi connectivity index (χ4v) is 7.75. The third kappa shape index (κ3) is 3.76. The average molecular weight is 478 g/mol. The molecule has 1 aliphatic heterocycles. The van der Waals surface area contributed by atoms with E-state index in [1.54, 1.807) is 24.3 Å². The summed E-state index contributed by atoms with van der Waals surface area (Å²) in [5.41, 5.74) is 1.02. The largest absolute Gasteiger partial charge is 0.410 e. The van der Waals surface area contributed by atoms with Crippen molar-refractivity contribution in [3.8, 4) is 0 Å². The van der Waals surface area contributed by atoms with Gasteiger partial charge in [-0.1, -0.05) is 23.7 Å². The number of alkyl halides is 3. The number of Topliss-reactive ketones (excluding diaryl/α,β-unsaturated/α-hetero) is 1. The summed E-state index contributed by atoms with van der Waals surface area (Å²) >= 11 is 5.97. The Morgan fingerprint density at radius 2 is 1.67 bits per heavy atom. The first-order valence-corrected chi connectivity index (χ1v) is 12.3. The summed E-state index contributed by atoms with van der Waals surface area (Å²) in [7, 11) is 0. The third-order valence-electron chi connectivity index (χ3n) is 8.51. The summed E-state index contributed by atoms with van der Waals surface area (Å²) in [6.07, 6.45) is 4.21. The number of hydrogen-bond acceptors (Lipinski definition) is 3. The van der Waals surface area contributed by atoms with Crippen molar-refractivity contribution in [3.63, 3.8) is 0 Å². The summed E-state index contributed by atoms with van der Waals surface area (Å²) < 4.78 is 42.9. The van der Waals surface area contributed by atoms with Gasteiger partial charge in [-0.3, -0.25) is 4.79 Å². The molecule has 176 valence electrons. The van der Waals surface area contributed by atoms with Crippen LogP contribution in [0.3, 0.4) is 0 Å². The van der Waals surface area contributed by atoms with E-state index in [9.17, 15) is 18.0 Å². The van der Waals surface area contributed by atoms with Crippen molar-refractivity contribution in [2.24, 2.45) is 23.2 Å². The molecule has 33 heavy (non-hydrogen) atoms. The van der Waals surface area contributed by atoms with E-state index in [1.807, 2.05) is 0 Å². The van der Waals surface area contributed by atoms with Gasteiger partial charge in [0.15, 0.2) is 11.8 Å². The molecule has 1 aromatic carbocycles. The summed E-state index contributed by atoms with van der Waals surface area (Å²) in [5, 5.41) is 7.79. The summed E-state index contributed by atoms with van der Waals surface area (Å²) in [5.74, 6) is 2.26. The maximum atomic E-state index is 14.0. The number of carbonyl (C=O) groups excluding carboxylic acids is 1. The lowest BCUT2D eigenvalue weighted by atomic mass is 9.48. The molecule has 0 radical (unpaired) electrons. The van der Waals surface area contributed by atoms with E-state index in [0.717, 1.165) is 23.9 Å². The van der Waals surface area contributed by atoms with Crippen molar-refractivity contribution in [2.45, 2.75) is 69.6 Å². The standard InChI is InChI=1S/C25H27ClF3N3O/c26-18-3-1-17(2-4-18)20-8-22(25(27,28)29)32-23(31-20)19(13-30-32)21(33)12-24-9-14-5-15(10-24)7-16(6-14)11-24/h1-4,13-16,20,22,31H,5-12H2. The van der Waals surface area contributed by atoms with E-state index in [0.29, 0.717) is 40.3 Å². The summed E-state index contributed by atoms with van der Waals surface area (Å²) in [6.45, 7) is 0. The van der Waals surface area contributed by atoms with Crippen molar-refractivity contribution in [3.05, 3.63) is 46.6 Å². The zero-order valence-electron chi connectivity index (χ0n) is 18.2. The fourth-order valence-electron chi connectivity index (χ4n) is 7.62. The van der Waals surface area contributed by atoms with E-state index in [4.69, 9.17) is 11.6 Å². The lowest BCUT2D eigenvalue weighted by molar-refractivity contribution is -0.173. The van der Waals surface area contributed by atoms with Crippen LogP contribution in [-0.2, 0) is 0 Å². The van der Waals surface area contributed by atoms with E-state index < -0.39 is 18.3 Å². The van der Waals surface area contributed by atoms with Crippen LogP contribution in [-0.4, -0.2) is 21.7 Å². The number of benzene rings is 1. The van der Waals surface area contributed by atoms with Crippen LogP contribution in [0.4, 0.5) is 19.0 Å². The minimum atomic E-state index is -4.46. The van der Waals surface area contributed by atoms with Crippen molar-refractivity contribution in [1.29, 1.82) is 0 Å². The Balaban J connectivity index is 1.31. The average Bonchev–Trinajstić information content (AvgIpc) is 3.15. The molecule has 0 saturated heterocycles. The van der Waals surface area contributed by atoms with Gasteiger partial charge in [-0.05, 0) is 79.4 Å². The molecule has 2 heterocycles. The molecule has 8 heteroatoms. The predicted octanol–water partition coefficient (Wildman–Crippen LogP) is 6.99. The molecule has 5 aliphatic rings. The topological polar surface area (TPSA) is 46.9 Å². The van der Waals surface area contributed by atoms with Gasteiger partial charge in [-0.25, -0.2) is 4.68 Å². The molecule has 2 atom stereocenters. The maximum Gasteiger partial charge on any atom is 0.410 e. The van der Waals surface area contributed by atoms with Gasteiger partial charge in [0.05, 0.1) is 17.8 Å². The Bertz CT molecular complexity index is 1040. The second kappa shape index (κ2) is 7.49. The summed E-state index contributed by atoms with van der Waals surface area (Å²) in [4.78, 5) is 13.5. The molecular formula is C25H27ClF3N3O. The predicted molar refractivity (Wildman–Crippen MR) is 119 cm³/mol. The Morgan fingerprint density at radius 1 is 1.06 bits per heavy atom. The Morgan fingerprint density at radius 3 is 2.24 bits per heavy atom. The van der Waals surface area contributed by atoms with Gasteiger partial charge < -0.3 is 5.32 Å². The molecule has 4 bridgehead atoms. The van der Waals surface area contributed by atoms with Crippen LogP contribution in [0.25, 0.3) is 0 Å². The lowest BCUT2D eigenvalue weighted by Gasteiger charge is -2.56. The summed E-state index contributed by atoms with van der Waals surface area (Å²) in [6, 6.07) is 4.45. The molecule has 4 saturated carbocycles. The minimum Gasteiger partial charge on any atom is -0.363 e. The van der Waals surface area contributed by atoms with Crippen LogP contribution in [0.5, 0.6) is 0 Å². The highest BCUT2D eigenvalue weighted by Crippen LogP contribution is 2.61. The quantitative estimate of drug-likeness (QED) is 0.483. The molecule has 4 nitrogen and oxygen atoms in total. The minimum absolute atomic E-state index is 0.0222. The first-order chi connectivity index (χ1) is 15.7. The number of rotatable bonds is 4. The van der Waals surface area contributed by atoms with Crippen LogP contribution < -0.4 is 5.32 Å². The number of nitrogens with one attached hydrogen (secondary N) is 1. The lowest BCUT2D eigenvalue weighted by Crippen LogP contribution is -2.46. The number of aromatic nitrogens is 2. The number of fused-ring (bicyclic) bond motifs is 1. The van der Waals surface area contributed by atoms with Crippen LogP contribution in [0, 0.1) is 23.2 Å². The van der Waals surface area contributed by atoms with E-state index >= 15 is 0 Å². The van der Waals surface area contributed by atoms with Crippen LogP contribution in [0.1, 0.15) is 79.4 Å². The number of ketones is 1. The second-order valence-electron chi connectivity index (χ2n) is 10.9. The number of anilines is 1. The molecule has 0 spiro atoms. The molecule has 2 unspecified atom stereocenters. The molecule has 1 aromatic heterocycles. The zero-order valence-corrected chi connectivity index (χ0v) is 19.0. The van der Waals surface area contributed by atoms with Crippen LogP contribution in [0.15, 0.2) is 30.5 Å². The smallest absolute Gasteiger partial charge is 0.363 e. The van der Waals surface area contributed by atoms with Gasteiger partial charge in [0.1, 0.15) is 5.82 Å². The third-order valence-corrected chi connectivity index (χ3v) is 8.76. The van der Waals surface area contributed by atoms with Crippen LogP contribution in [0.2, 0.25) is 5.02 Å². The molecule has 4 fully saturated rings. The molecular weight excluding hydrogens is 451 g/mol. The van der Waals surface area contributed by atoms with E-state index in [1.165, 1.54) is 25.5 Å². The zero-order chi connectivity index (χ0) is 23.0. The highest BCUT2D eigenvalue weighted by Gasteiger charge is 2.52. The first-order valence-electron chi connectivity index (χ1n) is 11.9. The number of hydrogen-bond donors (Lipinski definition) is 1. The van der Waals surface area contributed by atoms with Gasteiger partial charge in [0, 0.05) is 17.9 Å². The fraction of sp³-hybridized carbons (Fsp3) is 0.600. The Hall–Kier alpha value is -2.02. The molecule has 4 aliphatic carbocycles. The molecule has 7 rings (SSSR count). The number of carbonyl (C=O) groups is 1. The van der Waals surface area contributed by atoms with E-state index in [2.05, 4.69) is 10.4 Å².